The maximum absolute atomic E-state index is 11.7. The van der Waals surface area contributed by atoms with Gasteiger partial charge in [0.15, 0.2) is 0 Å². The Labute approximate surface area is 114 Å². The van der Waals surface area contributed by atoms with E-state index in [1.165, 1.54) is 19.3 Å². The van der Waals surface area contributed by atoms with Crippen molar-refractivity contribution in [1.82, 2.24) is 9.97 Å². The summed E-state index contributed by atoms with van der Waals surface area (Å²) in [5.74, 6) is 3.58. The number of hydrogen-bond acceptors (Lipinski definition) is 3. The maximum atomic E-state index is 11.7. The molecular formula is C15H23N3O. The lowest BCUT2D eigenvalue weighted by Gasteiger charge is -2.33. The first-order chi connectivity index (χ1) is 9.11. The summed E-state index contributed by atoms with van der Waals surface area (Å²) in [5, 5.41) is 3.48. The van der Waals surface area contributed by atoms with Crippen LogP contribution in [0.2, 0.25) is 0 Å². The highest BCUT2D eigenvalue weighted by molar-refractivity contribution is 5.35. The van der Waals surface area contributed by atoms with Crippen LogP contribution in [0.3, 0.4) is 0 Å². The zero-order chi connectivity index (χ0) is 13.4. The molecule has 1 heterocycles. The van der Waals surface area contributed by atoms with Crippen molar-refractivity contribution in [2.24, 2.45) is 11.8 Å². The molecular weight excluding hydrogens is 238 g/mol. The standard InChI is InChI=1S/C15H23N3O/c1-9-3-6-12(10(2)7-9)16-13-8-14(19)18-15(17-13)11-4-5-11/h8-12H,3-7H2,1-2H3,(H2,16,17,18,19). The second kappa shape index (κ2) is 4.99. The van der Waals surface area contributed by atoms with Gasteiger partial charge in [-0.2, -0.15) is 0 Å². The van der Waals surface area contributed by atoms with E-state index in [0.29, 0.717) is 17.9 Å². The molecule has 3 unspecified atom stereocenters. The Kier molecular flexibility index (Phi) is 3.33. The summed E-state index contributed by atoms with van der Waals surface area (Å²) in [6, 6.07) is 2.05. The summed E-state index contributed by atoms with van der Waals surface area (Å²) in [6.45, 7) is 4.62. The minimum absolute atomic E-state index is 0.0313. The summed E-state index contributed by atoms with van der Waals surface area (Å²) in [4.78, 5) is 19.1. The lowest BCUT2D eigenvalue weighted by molar-refractivity contribution is 0.276. The van der Waals surface area contributed by atoms with Crippen molar-refractivity contribution in [1.29, 1.82) is 0 Å². The highest BCUT2D eigenvalue weighted by Gasteiger charge is 2.28. The average molecular weight is 261 g/mol. The molecule has 0 bridgehead atoms. The van der Waals surface area contributed by atoms with Crippen LogP contribution in [0.5, 0.6) is 0 Å². The van der Waals surface area contributed by atoms with E-state index in [1.54, 1.807) is 6.07 Å². The minimum atomic E-state index is -0.0313. The van der Waals surface area contributed by atoms with Crippen LogP contribution in [0.25, 0.3) is 0 Å². The molecule has 0 spiro atoms. The van der Waals surface area contributed by atoms with Crippen LogP contribution >= 0.6 is 0 Å². The molecule has 0 amide bonds. The summed E-state index contributed by atoms with van der Waals surface area (Å²) in [6.07, 6.45) is 6.01. The van der Waals surface area contributed by atoms with Gasteiger partial charge in [0.1, 0.15) is 11.6 Å². The molecule has 0 radical (unpaired) electrons. The Hall–Kier alpha value is -1.32. The molecule has 3 atom stereocenters. The highest BCUT2D eigenvalue weighted by atomic mass is 16.1. The number of nitrogens with one attached hydrogen (secondary N) is 2. The van der Waals surface area contributed by atoms with E-state index < -0.39 is 0 Å². The van der Waals surface area contributed by atoms with E-state index in [0.717, 1.165) is 30.4 Å². The molecule has 2 aliphatic carbocycles. The van der Waals surface area contributed by atoms with Gasteiger partial charge in [0.25, 0.3) is 5.56 Å². The third-order valence-corrected chi connectivity index (χ3v) is 4.49. The first kappa shape index (κ1) is 12.7. The molecule has 4 nitrogen and oxygen atoms in total. The van der Waals surface area contributed by atoms with Crippen molar-refractivity contribution in [3.63, 3.8) is 0 Å². The van der Waals surface area contributed by atoms with Gasteiger partial charge in [-0.25, -0.2) is 4.98 Å². The van der Waals surface area contributed by atoms with Crippen molar-refractivity contribution >= 4 is 5.82 Å². The monoisotopic (exact) mass is 261 g/mol. The largest absolute Gasteiger partial charge is 0.367 e. The van der Waals surface area contributed by atoms with Crippen LogP contribution < -0.4 is 10.9 Å². The first-order valence-electron chi connectivity index (χ1n) is 7.49. The average Bonchev–Trinajstić information content (AvgIpc) is 3.16. The third kappa shape index (κ3) is 2.99. The van der Waals surface area contributed by atoms with Crippen LogP contribution in [0.4, 0.5) is 5.82 Å². The Morgan fingerprint density at radius 2 is 2.05 bits per heavy atom. The van der Waals surface area contributed by atoms with Gasteiger partial charge in [-0.1, -0.05) is 13.8 Å². The van der Waals surface area contributed by atoms with Gasteiger partial charge in [0, 0.05) is 18.0 Å². The van der Waals surface area contributed by atoms with Gasteiger partial charge < -0.3 is 10.3 Å². The van der Waals surface area contributed by atoms with Gasteiger partial charge in [-0.05, 0) is 43.9 Å². The summed E-state index contributed by atoms with van der Waals surface area (Å²) in [5.41, 5.74) is -0.0313. The Morgan fingerprint density at radius 1 is 1.26 bits per heavy atom. The van der Waals surface area contributed by atoms with Crippen molar-refractivity contribution in [3.05, 3.63) is 22.2 Å². The molecule has 104 valence electrons. The van der Waals surface area contributed by atoms with Crippen LogP contribution in [0.15, 0.2) is 10.9 Å². The molecule has 4 heteroatoms. The molecule has 1 aromatic heterocycles. The second-order valence-corrected chi connectivity index (χ2v) is 6.44. The summed E-state index contributed by atoms with van der Waals surface area (Å²) < 4.78 is 0. The van der Waals surface area contributed by atoms with Crippen LogP contribution in [0, 0.1) is 11.8 Å². The number of anilines is 1. The van der Waals surface area contributed by atoms with Crippen molar-refractivity contribution in [2.75, 3.05) is 5.32 Å². The molecule has 1 aromatic rings. The minimum Gasteiger partial charge on any atom is -0.367 e. The molecule has 2 saturated carbocycles. The second-order valence-electron chi connectivity index (χ2n) is 6.44. The number of aromatic nitrogens is 2. The SMILES string of the molecule is CC1CCC(Nc2cc(=O)[nH]c(C3CC3)n2)C(C)C1. The van der Waals surface area contributed by atoms with Crippen LogP contribution in [-0.2, 0) is 0 Å². The smallest absolute Gasteiger partial charge is 0.252 e. The van der Waals surface area contributed by atoms with E-state index >= 15 is 0 Å². The number of rotatable bonds is 3. The maximum Gasteiger partial charge on any atom is 0.252 e. The molecule has 2 aliphatic rings. The number of aromatic amines is 1. The van der Waals surface area contributed by atoms with Gasteiger partial charge >= 0.3 is 0 Å². The zero-order valence-electron chi connectivity index (χ0n) is 11.8. The van der Waals surface area contributed by atoms with Crippen molar-refractivity contribution < 1.29 is 0 Å². The predicted molar refractivity (Wildman–Crippen MR) is 76.4 cm³/mol. The zero-order valence-corrected chi connectivity index (χ0v) is 11.8. The fraction of sp³-hybridized carbons (Fsp3) is 0.733. The third-order valence-electron chi connectivity index (χ3n) is 4.49. The molecule has 0 aromatic carbocycles. The predicted octanol–water partition coefficient (Wildman–Crippen LogP) is 2.88. The van der Waals surface area contributed by atoms with E-state index in [1.807, 2.05) is 0 Å². The fourth-order valence-electron chi connectivity index (χ4n) is 3.17. The lowest BCUT2D eigenvalue weighted by Crippen LogP contribution is -2.33. The van der Waals surface area contributed by atoms with Gasteiger partial charge in [0.05, 0.1) is 0 Å². The van der Waals surface area contributed by atoms with Gasteiger partial charge in [0.2, 0.25) is 0 Å². The molecule has 0 aliphatic heterocycles. The topological polar surface area (TPSA) is 57.8 Å². The first-order valence-corrected chi connectivity index (χ1v) is 7.49. The van der Waals surface area contributed by atoms with E-state index in [9.17, 15) is 4.79 Å². The molecule has 2 N–H and O–H groups in total. The van der Waals surface area contributed by atoms with Crippen LogP contribution in [0.1, 0.15) is 57.7 Å². The van der Waals surface area contributed by atoms with Crippen LogP contribution in [-0.4, -0.2) is 16.0 Å². The fourth-order valence-corrected chi connectivity index (χ4v) is 3.17. The Bertz CT molecular complexity index is 506. The molecule has 0 saturated heterocycles. The molecule has 3 rings (SSSR count). The lowest BCUT2D eigenvalue weighted by atomic mass is 9.80. The summed E-state index contributed by atoms with van der Waals surface area (Å²) in [7, 11) is 0. The van der Waals surface area contributed by atoms with Crippen molar-refractivity contribution in [2.45, 2.75) is 57.9 Å². The van der Waals surface area contributed by atoms with E-state index in [2.05, 4.69) is 29.1 Å². The van der Waals surface area contributed by atoms with Crippen molar-refractivity contribution in [3.8, 4) is 0 Å². The van der Waals surface area contributed by atoms with E-state index in [-0.39, 0.29) is 5.56 Å². The number of hydrogen-bond donors (Lipinski definition) is 2. The highest BCUT2D eigenvalue weighted by Crippen LogP contribution is 2.38. The number of H-pyrrole nitrogens is 1. The Morgan fingerprint density at radius 3 is 2.74 bits per heavy atom. The quantitative estimate of drug-likeness (QED) is 0.879. The molecule has 19 heavy (non-hydrogen) atoms. The van der Waals surface area contributed by atoms with Gasteiger partial charge in [-0.3, -0.25) is 4.79 Å². The molecule has 2 fully saturated rings. The normalized spacial score (nSPS) is 31.2. The Balaban J connectivity index is 1.73. The summed E-state index contributed by atoms with van der Waals surface area (Å²) >= 11 is 0. The van der Waals surface area contributed by atoms with E-state index in [4.69, 9.17) is 0 Å². The van der Waals surface area contributed by atoms with Gasteiger partial charge in [-0.15, -0.1) is 0 Å². The number of nitrogens with zero attached hydrogens (tertiary/aromatic N) is 1.